The molecule has 0 spiro atoms. The molecule has 0 saturated heterocycles. The van der Waals surface area contributed by atoms with Gasteiger partial charge >= 0.3 is 11.9 Å². The number of benzene rings is 1. The third-order valence-corrected chi connectivity index (χ3v) is 11.8. The van der Waals surface area contributed by atoms with Crippen molar-refractivity contribution in [3.05, 3.63) is 48.6 Å². The van der Waals surface area contributed by atoms with Gasteiger partial charge in [0.2, 0.25) is 0 Å². The van der Waals surface area contributed by atoms with Crippen molar-refractivity contribution in [2.45, 2.75) is 90.8 Å². The number of hydrogen-bond donors (Lipinski definition) is 1. The van der Waals surface area contributed by atoms with Crippen LogP contribution in [-0.2, 0) is 23.4 Å². The summed E-state index contributed by atoms with van der Waals surface area (Å²) in [6.07, 6.45) is 0.838. The first-order chi connectivity index (χ1) is 17.0. The van der Waals surface area contributed by atoms with Crippen LogP contribution in [0.25, 0.3) is 0 Å². The minimum absolute atomic E-state index is 0.103. The van der Waals surface area contributed by atoms with Gasteiger partial charge in [-0.15, -0.1) is 0 Å². The van der Waals surface area contributed by atoms with Gasteiger partial charge in [0.15, 0.2) is 8.32 Å². The van der Waals surface area contributed by atoms with Crippen LogP contribution in [-0.4, -0.2) is 63.5 Å². The number of rotatable bonds is 13. The summed E-state index contributed by atoms with van der Waals surface area (Å²) in [5.74, 6) is -0.770. The molecule has 1 N–H and O–H groups in total. The molecule has 208 valence electrons. The van der Waals surface area contributed by atoms with Gasteiger partial charge in [0.25, 0.3) is 0 Å². The van der Waals surface area contributed by atoms with Gasteiger partial charge in [-0.2, -0.15) is 0 Å². The molecule has 0 aliphatic heterocycles. The Balaban J connectivity index is 2.25. The molecule has 8 heteroatoms. The van der Waals surface area contributed by atoms with Crippen molar-refractivity contribution in [1.29, 1.82) is 0 Å². The van der Waals surface area contributed by atoms with Crippen molar-refractivity contribution in [3.8, 4) is 0 Å². The Hall–Kier alpha value is -2.00. The first kappa shape index (κ1) is 31.2. The van der Waals surface area contributed by atoms with E-state index >= 15 is 0 Å². The third kappa shape index (κ3) is 8.77. The topological polar surface area (TPSA) is 91.3 Å². The van der Waals surface area contributed by atoms with Crippen molar-refractivity contribution in [1.82, 2.24) is 0 Å². The normalized spacial score (nSPS) is 17.9. The molecule has 0 aromatic heterocycles. The highest BCUT2D eigenvalue weighted by Crippen LogP contribution is 2.47. The maximum Gasteiger partial charge on any atom is 0.338 e. The molecule has 37 heavy (non-hydrogen) atoms. The summed E-state index contributed by atoms with van der Waals surface area (Å²) >= 11 is 0. The van der Waals surface area contributed by atoms with Crippen molar-refractivity contribution < 1.29 is 33.3 Å². The van der Waals surface area contributed by atoms with Gasteiger partial charge in [0.05, 0.1) is 36.9 Å². The van der Waals surface area contributed by atoms with Gasteiger partial charge in [-0.1, -0.05) is 45.5 Å². The van der Waals surface area contributed by atoms with Crippen LogP contribution in [0.3, 0.4) is 0 Å². The van der Waals surface area contributed by atoms with E-state index in [1.807, 2.05) is 26.8 Å². The molecule has 1 aliphatic rings. The van der Waals surface area contributed by atoms with Crippen LogP contribution in [0, 0.1) is 10.8 Å². The van der Waals surface area contributed by atoms with E-state index in [4.69, 9.17) is 18.6 Å². The van der Waals surface area contributed by atoms with E-state index in [2.05, 4.69) is 40.4 Å². The average Bonchev–Trinajstić information content (AvgIpc) is 3.59. The monoisotopic (exact) mass is 534 g/mol. The van der Waals surface area contributed by atoms with E-state index < -0.39 is 38.0 Å². The van der Waals surface area contributed by atoms with Gasteiger partial charge in [-0.05, 0) is 70.0 Å². The molecule has 1 aromatic rings. The summed E-state index contributed by atoms with van der Waals surface area (Å²) in [6, 6.07) is 8.71. The van der Waals surface area contributed by atoms with Crippen molar-refractivity contribution in [3.63, 3.8) is 0 Å². The maximum atomic E-state index is 12.9. The molecule has 7 nitrogen and oxygen atoms in total. The third-order valence-electron chi connectivity index (χ3n) is 7.27. The molecular formula is C29H46O7Si. The molecule has 0 heterocycles. The predicted molar refractivity (Wildman–Crippen MR) is 147 cm³/mol. The predicted octanol–water partition coefficient (Wildman–Crippen LogP) is 5.54. The van der Waals surface area contributed by atoms with Crippen molar-refractivity contribution in [2.75, 3.05) is 19.8 Å². The zero-order chi connectivity index (χ0) is 28.1. The minimum atomic E-state index is -2.31. The molecule has 0 unspecified atom stereocenters. The van der Waals surface area contributed by atoms with E-state index in [1.54, 1.807) is 24.3 Å². The van der Waals surface area contributed by atoms with E-state index in [-0.39, 0.29) is 36.2 Å². The second kappa shape index (κ2) is 12.2. The minimum Gasteiger partial charge on any atom is -0.465 e. The summed E-state index contributed by atoms with van der Waals surface area (Å²) in [6.45, 7) is 20.1. The molecule has 1 saturated carbocycles. The smallest absolute Gasteiger partial charge is 0.338 e. The zero-order valence-electron chi connectivity index (χ0n) is 23.8. The zero-order valence-corrected chi connectivity index (χ0v) is 24.8. The lowest BCUT2D eigenvalue weighted by molar-refractivity contribution is -0.157. The number of hydrogen-bond acceptors (Lipinski definition) is 7. The second-order valence-corrected chi connectivity index (χ2v) is 17.4. The van der Waals surface area contributed by atoms with Crippen LogP contribution in [0.5, 0.6) is 0 Å². The molecule has 0 amide bonds. The molecule has 0 radical (unpaired) electrons. The lowest BCUT2D eigenvalue weighted by Gasteiger charge is -2.42. The Bertz CT molecular complexity index is 910. The molecule has 0 bridgehead atoms. The first-order valence-electron chi connectivity index (χ1n) is 13.0. The summed E-state index contributed by atoms with van der Waals surface area (Å²) < 4.78 is 24.3. The fourth-order valence-electron chi connectivity index (χ4n) is 3.41. The first-order valence-corrected chi connectivity index (χ1v) is 15.9. The van der Waals surface area contributed by atoms with Crippen molar-refractivity contribution >= 4 is 20.3 Å². The molecule has 3 atom stereocenters. The molecule has 2 rings (SSSR count). The number of ether oxygens (including phenoxy) is 3. The van der Waals surface area contributed by atoms with Crippen LogP contribution < -0.4 is 0 Å². The molecule has 1 aliphatic carbocycles. The SMILES string of the molecule is C=C[C@@H](OC(=O)c1ccccc1)[C@@H](OCC1(COC(=O)C(C)(C)C)CC1)[C@@H](CO)O[Si](C)(C)C(C)(C)C. The highest BCUT2D eigenvalue weighted by molar-refractivity contribution is 6.74. The van der Waals surface area contributed by atoms with Gasteiger partial charge < -0.3 is 23.7 Å². The Morgan fingerprint density at radius 2 is 1.68 bits per heavy atom. The number of carbonyl (C=O) groups is 2. The Kier molecular flexibility index (Phi) is 10.3. The molecule has 1 aromatic carbocycles. The van der Waals surface area contributed by atoms with E-state index in [0.717, 1.165) is 12.8 Å². The Morgan fingerprint density at radius 1 is 1.08 bits per heavy atom. The lowest BCUT2D eigenvalue weighted by atomic mass is 9.97. The van der Waals surface area contributed by atoms with Crippen LogP contribution >= 0.6 is 0 Å². The molecular weight excluding hydrogens is 488 g/mol. The number of aliphatic hydroxyl groups excluding tert-OH is 1. The van der Waals surface area contributed by atoms with Gasteiger partial charge in [0, 0.05) is 5.41 Å². The van der Waals surface area contributed by atoms with Crippen molar-refractivity contribution in [2.24, 2.45) is 10.8 Å². The number of aliphatic hydroxyl groups is 1. The Labute approximate surface area is 223 Å². The van der Waals surface area contributed by atoms with Gasteiger partial charge in [0.1, 0.15) is 12.2 Å². The average molecular weight is 535 g/mol. The summed E-state index contributed by atoms with van der Waals surface area (Å²) in [5, 5.41) is 10.3. The largest absolute Gasteiger partial charge is 0.465 e. The van der Waals surface area contributed by atoms with Crippen LogP contribution in [0.4, 0.5) is 0 Å². The summed E-state index contributed by atoms with van der Waals surface area (Å²) in [5.41, 5.74) is -0.477. The second-order valence-electron chi connectivity index (χ2n) is 12.7. The quantitative estimate of drug-likeness (QED) is 0.202. The van der Waals surface area contributed by atoms with Crippen LogP contribution in [0.2, 0.25) is 18.1 Å². The number of esters is 2. The van der Waals surface area contributed by atoms with Crippen LogP contribution in [0.1, 0.15) is 64.7 Å². The van der Waals surface area contributed by atoms with Crippen LogP contribution in [0.15, 0.2) is 43.0 Å². The lowest BCUT2D eigenvalue weighted by Crippen LogP contribution is -2.52. The van der Waals surface area contributed by atoms with Gasteiger partial charge in [-0.3, -0.25) is 4.79 Å². The fourth-order valence-corrected chi connectivity index (χ4v) is 4.73. The number of carbonyl (C=O) groups excluding carboxylic acids is 2. The maximum absolute atomic E-state index is 12.9. The van der Waals surface area contributed by atoms with E-state index in [1.165, 1.54) is 6.08 Å². The fraction of sp³-hybridized carbons (Fsp3) is 0.655. The van der Waals surface area contributed by atoms with Gasteiger partial charge in [-0.25, -0.2) is 4.79 Å². The molecule has 1 fully saturated rings. The van der Waals surface area contributed by atoms with E-state index in [9.17, 15) is 14.7 Å². The summed E-state index contributed by atoms with van der Waals surface area (Å²) in [7, 11) is -2.31. The standard InChI is InChI=1S/C29H46O7Si/c1-10-22(35-25(31)21-14-12-11-13-15-21)24(23(18-30)36-37(8,9)28(5,6)7)33-19-29(16-17-29)20-34-26(32)27(2,3)4/h10-15,22-24,30H,1,16-20H2,2-9H3/t22-,23-,24-/m1/s1. The summed E-state index contributed by atoms with van der Waals surface area (Å²) in [4.78, 5) is 25.2. The highest BCUT2D eigenvalue weighted by atomic mass is 28.4. The Morgan fingerprint density at radius 3 is 2.14 bits per heavy atom. The van der Waals surface area contributed by atoms with E-state index in [0.29, 0.717) is 5.56 Å². The highest BCUT2D eigenvalue weighted by Gasteiger charge is 2.48.